The third-order valence-electron chi connectivity index (χ3n) is 5.63. The molecule has 0 spiro atoms. The van der Waals surface area contributed by atoms with Crippen LogP contribution in [-0.4, -0.2) is 32.8 Å². The third kappa shape index (κ3) is 7.29. The maximum Gasteiger partial charge on any atom is 0.267 e. The van der Waals surface area contributed by atoms with E-state index in [4.69, 9.17) is 4.74 Å². The van der Waals surface area contributed by atoms with E-state index < -0.39 is 0 Å². The molecule has 0 radical (unpaired) electrons. The first-order chi connectivity index (χ1) is 16.8. The average molecular weight is 495 g/mol. The van der Waals surface area contributed by atoms with Crippen LogP contribution < -0.4 is 15.9 Å². The van der Waals surface area contributed by atoms with E-state index in [2.05, 4.69) is 50.9 Å². The van der Waals surface area contributed by atoms with Crippen LogP contribution in [0, 0.1) is 6.92 Å². The highest BCUT2D eigenvalue weighted by atomic mass is 32.2. The van der Waals surface area contributed by atoms with E-state index in [1.54, 1.807) is 11.8 Å². The molecule has 0 aliphatic rings. The molecule has 0 aliphatic carbocycles. The van der Waals surface area contributed by atoms with Gasteiger partial charge in [-0.2, -0.15) is 0 Å². The van der Waals surface area contributed by atoms with Gasteiger partial charge < -0.3 is 14.9 Å². The van der Waals surface area contributed by atoms with Crippen LogP contribution in [0.5, 0.6) is 5.75 Å². The molecule has 4 aromatic rings. The Labute approximate surface area is 209 Å². The predicted molar refractivity (Wildman–Crippen MR) is 143 cm³/mol. The van der Waals surface area contributed by atoms with Crippen molar-refractivity contribution in [1.29, 1.82) is 0 Å². The average Bonchev–Trinajstić information content (AvgIpc) is 3.36. The van der Waals surface area contributed by atoms with Crippen LogP contribution in [0.1, 0.15) is 54.4 Å². The molecule has 4 N–H and O–H groups in total. The monoisotopic (exact) mass is 494 g/mol. The Bertz CT molecular complexity index is 1310. The number of H-pyrrole nitrogens is 4. The first-order valence-corrected chi connectivity index (χ1v) is 13.0. The molecule has 2 heterocycles. The highest BCUT2D eigenvalue weighted by molar-refractivity contribution is 7.98. The molecule has 0 atom stereocenters. The molecule has 186 valence electrons. The molecule has 0 fully saturated rings. The van der Waals surface area contributed by atoms with Crippen LogP contribution in [0.4, 0.5) is 0 Å². The van der Waals surface area contributed by atoms with Crippen molar-refractivity contribution in [3.8, 4) is 5.75 Å². The Morgan fingerprint density at radius 2 is 1.34 bits per heavy atom. The van der Waals surface area contributed by atoms with Gasteiger partial charge in [-0.3, -0.25) is 19.8 Å². The summed E-state index contributed by atoms with van der Waals surface area (Å²) in [7, 11) is 0. The summed E-state index contributed by atoms with van der Waals surface area (Å²) in [5, 5.41) is 11.0. The largest absolute Gasteiger partial charge is 0.491 e. The van der Waals surface area contributed by atoms with Crippen LogP contribution >= 0.6 is 11.8 Å². The van der Waals surface area contributed by atoms with Gasteiger partial charge >= 0.3 is 0 Å². The summed E-state index contributed by atoms with van der Waals surface area (Å²) < 4.78 is 5.58. The van der Waals surface area contributed by atoms with Crippen LogP contribution in [0.3, 0.4) is 0 Å². The zero-order chi connectivity index (χ0) is 25.4. The topological polar surface area (TPSA) is 107 Å². The van der Waals surface area contributed by atoms with E-state index in [0.29, 0.717) is 12.8 Å². The Kier molecular flexibility index (Phi) is 9.25. The number of nitrogens with one attached hydrogen (secondary N) is 4. The van der Waals surface area contributed by atoms with Crippen molar-refractivity contribution in [2.75, 3.05) is 6.26 Å². The molecule has 0 amide bonds. The molecule has 0 unspecified atom stereocenters. The van der Waals surface area contributed by atoms with E-state index in [0.717, 1.165) is 40.2 Å². The maximum atomic E-state index is 11.6. The highest BCUT2D eigenvalue weighted by Gasteiger charge is 2.09. The zero-order valence-corrected chi connectivity index (χ0v) is 21.8. The van der Waals surface area contributed by atoms with Gasteiger partial charge in [0, 0.05) is 40.3 Å². The molecular formula is C27H34N4O3S. The van der Waals surface area contributed by atoms with Gasteiger partial charge in [0.1, 0.15) is 5.75 Å². The minimum absolute atomic E-state index is 0.00390. The van der Waals surface area contributed by atoms with Gasteiger partial charge in [0.2, 0.25) is 0 Å². The van der Waals surface area contributed by atoms with Crippen molar-refractivity contribution in [2.24, 2.45) is 0 Å². The van der Waals surface area contributed by atoms with Gasteiger partial charge in [0.15, 0.2) is 0 Å². The lowest BCUT2D eigenvalue weighted by Crippen LogP contribution is -2.07. The lowest BCUT2D eigenvalue weighted by Gasteiger charge is -2.09. The van der Waals surface area contributed by atoms with Gasteiger partial charge in [0.25, 0.3) is 11.1 Å². The van der Waals surface area contributed by atoms with Crippen molar-refractivity contribution in [1.82, 2.24) is 20.4 Å². The lowest BCUT2D eigenvalue weighted by atomic mass is 10.0. The minimum atomic E-state index is -0.0463. The summed E-state index contributed by atoms with van der Waals surface area (Å²) >= 11 is 1.72. The van der Waals surface area contributed by atoms with E-state index in [1.807, 2.05) is 52.0 Å². The number of aromatic amines is 4. The predicted octanol–water partition coefficient (Wildman–Crippen LogP) is 4.97. The van der Waals surface area contributed by atoms with Gasteiger partial charge in [0.05, 0.1) is 6.10 Å². The Hall–Kier alpha value is -3.39. The van der Waals surface area contributed by atoms with E-state index >= 15 is 0 Å². The summed E-state index contributed by atoms with van der Waals surface area (Å²) in [5.41, 5.74) is 5.75. The van der Waals surface area contributed by atoms with Crippen LogP contribution in [0.25, 0.3) is 0 Å². The maximum absolute atomic E-state index is 11.6. The first-order valence-electron chi connectivity index (χ1n) is 11.7. The molecule has 0 saturated heterocycles. The summed E-state index contributed by atoms with van der Waals surface area (Å²) in [5.74, 6) is 0.855. The fourth-order valence-corrected chi connectivity index (χ4v) is 4.11. The molecule has 0 saturated carbocycles. The van der Waals surface area contributed by atoms with Gasteiger partial charge in [-0.1, -0.05) is 31.2 Å². The van der Waals surface area contributed by atoms with Gasteiger partial charge in [-0.25, -0.2) is 0 Å². The molecule has 0 bridgehead atoms. The molecule has 4 rings (SSSR count). The molecule has 7 nitrogen and oxygen atoms in total. The van der Waals surface area contributed by atoms with E-state index in [-0.39, 0.29) is 17.2 Å². The Balaban J connectivity index is 0.000000196. The molecule has 0 aliphatic heterocycles. The summed E-state index contributed by atoms with van der Waals surface area (Å²) in [6.07, 6.45) is 4.40. The minimum Gasteiger partial charge on any atom is -0.491 e. The quantitative estimate of drug-likeness (QED) is 0.260. The highest BCUT2D eigenvalue weighted by Crippen LogP contribution is 2.17. The normalized spacial score (nSPS) is 10.8. The smallest absolute Gasteiger partial charge is 0.267 e. The number of rotatable bonds is 8. The van der Waals surface area contributed by atoms with Gasteiger partial charge in [-0.05, 0) is 68.8 Å². The van der Waals surface area contributed by atoms with Crippen molar-refractivity contribution < 1.29 is 4.74 Å². The number of thioether (sulfide) groups is 1. The fraction of sp³-hybridized carbons (Fsp3) is 0.333. The fourth-order valence-electron chi connectivity index (χ4n) is 3.70. The SMILES string of the molecule is CCc1[nH][nH]c(=O)c1Cc1ccc(SC)cc1.Cc1[nH][nH]c(=O)c1Cc1ccc(OC(C)C)cc1. The standard InChI is InChI=1S/C14H18N2O2.C13H16N2OS/c1-9(2)18-12-6-4-11(5-7-12)8-13-10(3)15-16-14(13)17;1-3-12-11(13(16)15-14-12)8-9-4-6-10(17-2)7-5-9/h4-7,9H,8H2,1-3H3,(H2,15,16,17);4-7H,3,8H2,1-2H3,(H2,14,15,16). The number of aromatic nitrogens is 4. The summed E-state index contributed by atoms with van der Waals surface area (Å²) in [6.45, 7) is 7.93. The van der Waals surface area contributed by atoms with Crippen LogP contribution in [-0.2, 0) is 19.3 Å². The molecule has 35 heavy (non-hydrogen) atoms. The lowest BCUT2D eigenvalue weighted by molar-refractivity contribution is 0.242. The molecule has 2 aromatic heterocycles. The van der Waals surface area contributed by atoms with E-state index in [1.165, 1.54) is 10.5 Å². The van der Waals surface area contributed by atoms with Crippen molar-refractivity contribution in [3.63, 3.8) is 0 Å². The van der Waals surface area contributed by atoms with Crippen molar-refractivity contribution >= 4 is 11.8 Å². The van der Waals surface area contributed by atoms with Gasteiger partial charge in [-0.15, -0.1) is 11.8 Å². The Morgan fingerprint density at radius 1 is 0.800 bits per heavy atom. The summed E-state index contributed by atoms with van der Waals surface area (Å²) in [6, 6.07) is 16.2. The number of hydrogen-bond donors (Lipinski definition) is 4. The second kappa shape index (κ2) is 12.4. The van der Waals surface area contributed by atoms with Crippen molar-refractivity contribution in [2.45, 2.75) is 58.0 Å². The third-order valence-corrected chi connectivity index (χ3v) is 6.37. The first kappa shape index (κ1) is 26.2. The molecule has 2 aromatic carbocycles. The van der Waals surface area contributed by atoms with E-state index in [9.17, 15) is 9.59 Å². The number of ether oxygens (including phenoxy) is 1. The number of hydrogen-bond acceptors (Lipinski definition) is 4. The Morgan fingerprint density at radius 3 is 1.86 bits per heavy atom. The molecular weight excluding hydrogens is 460 g/mol. The van der Waals surface area contributed by atoms with Crippen LogP contribution in [0.15, 0.2) is 63.0 Å². The van der Waals surface area contributed by atoms with Crippen molar-refractivity contribution in [3.05, 3.63) is 103 Å². The number of aryl methyl sites for hydroxylation is 2. The number of benzene rings is 2. The second-order valence-corrected chi connectivity index (χ2v) is 9.46. The summed E-state index contributed by atoms with van der Waals surface area (Å²) in [4.78, 5) is 24.4. The van der Waals surface area contributed by atoms with Crippen LogP contribution in [0.2, 0.25) is 0 Å². The molecule has 8 heteroatoms. The second-order valence-electron chi connectivity index (χ2n) is 8.58. The zero-order valence-electron chi connectivity index (χ0n) is 21.0.